The van der Waals surface area contributed by atoms with Crippen LogP contribution in [0.1, 0.15) is 38.9 Å². The van der Waals surface area contributed by atoms with Crippen LogP contribution in [0.25, 0.3) is 0 Å². The molecule has 1 unspecified atom stereocenters. The molecule has 2 rings (SSSR count). The average Bonchev–Trinajstić information content (AvgIpc) is 2.48. The molecule has 0 bridgehead atoms. The van der Waals surface area contributed by atoms with Gasteiger partial charge in [0, 0.05) is 23.6 Å². The monoisotopic (exact) mass is 413 g/mol. The Hall–Kier alpha value is -2.30. The van der Waals surface area contributed by atoms with Crippen LogP contribution in [0.4, 0.5) is 31.1 Å². The van der Waals surface area contributed by atoms with Crippen LogP contribution >= 0.6 is 0 Å². The number of carbonyl (C=O) groups is 2. The van der Waals surface area contributed by atoms with Crippen LogP contribution in [-0.2, 0) is 9.53 Å². The second-order valence-electron chi connectivity index (χ2n) is 7.33. The van der Waals surface area contributed by atoms with Crippen LogP contribution < -0.4 is 0 Å². The quantitative estimate of drug-likeness (QED) is 0.583. The van der Waals surface area contributed by atoms with Crippen molar-refractivity contribution in [1.29, 1.82) is 0 Å². The number of nitrogens with zero attached hydrogens (tertiary/aromatic N) is 1. The minimum atomic E-state index is -5.15. The minimum absolute atomic E-state index is 0.117. The zero-order valence-electron chi connectivity index (χ0n) is 15.0. The lowest BCUT2D eigenvalue weighted by Gasteiger charge is -2.46. The number of hydrogen-bond acceptors (Lipinski definition) is 3. The zero-order valence-corrected chi connectivity index (χ0v) is 15.0. The number of ether oxygens (including phenoxy) is 1. The number of hydrogen-bond donors (Lipinski definition) is 1. The van der Waals surface area contributed by atoms with E-state index in [1.807, 2.05) is 0 Å². The van der Waals surface area contributed by atoms with Crippen LogP contribution in [0, 0.1) is 17.5 Å². The van der Waals surface area contributed by atoms with Gasteiger partial charge in [-0.15, -0.1) is 0 Å². The second kappa shape index (κ2) is 7.26. The highest BCUT2D eigenvalue weighted by atomic mass is 19.4. The third kappa shape index (κ3) is 4.23. The van der Waals surface area contributed by atoms with Crippen molar-refractivity contribution in [3.8, 4) is 0 Å². The van der Waals surface area contributed by atoms with E-state index in [-0.39, 0.29) is 6.07 Å². The van der Waals surface area contributed by atoms with Gasteiger partial charge in [-0.3, -0.25) is 9.69 Å². The van der Waals surface area contributed by atoms with Gasteiger partial charge in [-0.05, 0) is 26.8 Å². The molecule has 0 aliphatic carbocycles. The van der Waals surface area contributed by atoms with E-state index in [0.29, 0.717) is 11.0 Å². The topological polar surface area (TPSA) is 66.8 Å². The number of carbonyl (C=O) groups excluding carboxylic acids is 1. The predicted octanol–water partition coefficient (Wildman–Crippen LogP) is 4.21. The molecule has 0 aromatic heterocycles. The number of halogens is 6. The van der Waals surface area contributed by atoms with Crippen LogP contribution in [0.5, 0.6) is 0 Å². The van der Waals surface area contributed by atoms with Gasteiger partial charge >= 0.3 is 12.3 Å². The molecule has 28 heavy (non-hydrogen) atoms. The molecule has 3 atom stereocenters. The number of rotatable bonds is 2. The number of benzene rings is 1. The summed E-state index contributed by atoms with van der Waals surface area (Å²) in [6.45, 7) is 4.21. The van der Waals surface area contributed by atoms with Crippen LogP contribution in [-0.4, -0.2) is 45.7 Å². The summed E-state index contributed by atoms with van der Waals surface area (Å²) in [5, 5.41) is 9.51. The molecule has 0 saturated carbocycles. The van der Waals surface area contributed by atoms with E-state index in [9.17, 15) is 41.0 Å². The van der Waals surface area contributed by atoms with Gasteiger partial charge in [0.15, 0.2) is 17.4 Å². The van der Waals surface area contributed by atoms with Gasteiger partial charge in [0.1, 0.15) is 11.9 Å². The highest BCUT2D eigenvalue weighted by Gasteiger charge is 2.54. The van der Waals surface area contributed by atoms with Crippen LogP contribution in [0.2, 0.25) is 0 Å². The molecule has 1 saturated heterocycles. The molecule has 1 heterocycles. The molecule has 1 aliphatic heterocycles. The fraction of sp³-hybridized carbons (Fsp3) is 0.529. The first-order valence-electron chi connectivity index (χ1n) is 8.06. The summed E-state index contributed by atoms with van der Waals surface area (Å²) in [5.74, 6) is -6.02. The largest absolute Gasteiger partial charge is 0.465 e. The number of alkyl halides is 3. The van der Waals surface area contributed by atoms with Crippen molar-refractivity contribution in [3.63, 3.8) is 0 Å². The Labute approximate surface area is 155 Å². The van der Waals surface area contributed by atoms with Crippen molar-refractivity contribution in [2.75, 3.05) is 0 Å². The maximum atomic E-state index is 14.3. The van der Waals surface area contributed by atoms with E-state index in [0.717, 1.165) is 0 Å². The molecular weight excluding hydrogens is 396 g/mol. The SMILES string of the molecule is CC(C)(C)N(C(=O)O)[C@H]1CC(=O)C(C(F)(F)F)O[C@@H]1c1cc(F)c(F)cc1F. The first-order chi connectivity index (χ1) is 12.6. The van der Waals surface area contributed by atoms with Gasteiger partial charge < -0.3 is 9.84 Å². The van der Waals surface area contributed by atoms with E-state index in [1.54, 1.807) is 0 Å². The van der Waals surface area contributed by atoms with Crippen molar-refractivity contribution < 1.29 is 45.8 Å². The molecule has 1 N–H and O–H groups in total. The van der Waals surface area contributed by atoms with Crippen LogP contribution in [0.3, 0.4) is 0 Å². The molecule has 1 aliphatic rings. The molecule has 5 nitrogen and oxygen atoms in total. The fourth-order valence-corrected chi connectivity index (χ4v) is 3.18. The summed E-state index contributed by atoms with van der Waals surface area (Å²) in [6.07, 6.45) is -12.6. The van der Waals surface area contributed by atoms with Gasteiger partial charge in [0.2, 0.25) is 6.10 Å². The smallest absolute Gasteiger partial charge is 0.421 e. The Bertz CT molecular complexity index is 789. The Kier molecular flexibility index (Phi) is 5.71. The molecule has 0 radical (unpaired) electrons. The summed E-state index contributed by atoms with van der Waals surface area (Å²) >= 11 is 0. The molecule has 1 fully saturated rings. The summed E-state index contributed by atoms with van der Waals surface area (Å²) < 4.78 is 85.3. The Morgan fingerprint density at radius 2 is 1.64 bits per heavy atom. The molecule has 156 valence electrons. The summed E-state index contributed by atoms with van der Waals surface area (Å²) in [5.41, 5.74) is -2.04. The maximum Gasteiger partial charge on any atom is 0.421 e. The Morgan fingerprint density at radius 3 is 2.11 bits per heavy atom. The molecule has 1 amide bonds. The second-order valence-corrected chi connectivity index (χ2v) is 7.33. The maximum absolute atomic E-state index is 14.3. The van der Waals surface area contributed by atoms with E-state index >= 15 is 0 Å². The van der Waals surface area contributed by atoms with Gasteiger partial charge in [0.05, 0.1) is 6.04 Å². The lowest BCUT2D eigenvalue weighted by Crippen LogP contribution is -2.59. The minimum Gasteiger partial charge on any atom is -0.465 e. The van der Waals surface area contributed by atoms with Crippen molar-refractivity contribution in [2.45, 2.75) is 57.2 Å². The zero-order chi connectivity index (χ0) is 21.6. The van der Waals surface area contributed by atoms with Crippen molar-refractivity contribution in [2.24, 2.45) is 0 Å². The van der Waals surface area contributed by atoms with E-state index in [1.165, 1.54) is 20.8 Å². The number of ketones is 1. The highest BCUT2D eigenvalue weighted by Crippen LogP contribution is 2.41. The van der Waals surface area contributed by atoms with Crippen LogP contribution in [0.15, 0.2) is 12.1 Å². The molecule has 11 heteroatoms. The number of amides is 1. The summed E-state index contributed by atoms with van der Waals surface area (Å²) in [6, 6.07) is -1.18. The lowest BCUT2D eigenvalue weighted by molar-refractivity contribution is -0.245. The number of Topliss-reactive ketones (excluding diaryl/α,β-unsaturated/α-hetero) is 1. The van der Waals surface area contributed by atoms with E-state index in [2.05, 4.69) is 0 Å². The van der Waals surface area contributed by atoms with Crippen molar-refractivity contribution >= 4 is 11.9 Å². The molecule has 1 aromatic rings. The van der Waals surface area contributed by atoms with Gasteiger partial charge in [-0.1, -0.05) is 0 Å². The Morgan fingerprint density at radius 1 is 1.11 bits per heavy atom. The first kappa shape index (κ1) is 22.0. The summed E-state index contributed by atoms with van der Waals surface area (Å²) in [7, 11) is 0. The molecular formula is C17H17F6NO4. The standard InChI is InChI=1S/C17H17F6NO4/c1-16(2,3)24(15(26)27)11-6-12(25)14(17(21,22)23)28-13(11)7-4-9(19)10(20)5-8(7)18/h4-5,11,13-14H,6H2,1-3H3,(H,26,27)/t11-,13+,14?/m0/s1. The predicted molar refractivity (Wildman–Crippen MR) is 83.0 cm³/mol. The first-order valence-corrected chi connectivity index (χ1v) is 8.06. The van der Waals surface area contributed by atoms with E-state index < -0.39 is 71.3 Å². The molecule has 0 spiro atoms. The lowest BCUT2D eigenvalue weighted by atomic mass is 9.88. The number of carboxylic acid groups (broad SMARTS) is 1. The molecule has 1 aromatic carbocycles. The van der Waals surface area contributed by atoms with Gasteiger partial charge in [-0.25, -0.2) is 18.0 Å². The van der Waals surface area contributed by atoms with E-state index in [4.69, 9.17) is 4.74 Å². The normalized spacial score (nSPS) is 23.6. The third-order valence-electron chi connectivity index (χ3n) is 4.24. The third-order valence-corrected chi connectivity index (χ3v) is 4.24. The van der Waals surface area contributed by atoms with Gasteiger partial charge in [0.25, 0.3) is 0 Å². The van der Waals surface area contributed by atoms with Gasteiger partial charge in [-0.2, -0.15) is 13.2 Å². The summed E-state index contributed by atoms with van der Waals surface area (Å²) in [4.78, 5) is 24.4. The van der Waals surface area contributed by atoms with Crippen molar-refractivity contribution in [3.05, 3.63) is 35.1 Å². The Balaban J connectivity index is 2.64. The highest BCUT2D eigenvalue weighted by molar-refractivity contribution is 5.86. The average molecular weight is 413 g/mol. The van der Waals surface area contributed by atoms with Crippen molar-refractivity contribution in [1.82, 2.24) is 4.90 Å². The fourth-order valence-electron chi connectivity index (χ4n) is 3.18.